The van der Waals surface area contributed by atoms with Gasteiger partial charge in [0.2, 0.25) is 11.8 Å². The third kappa shape index (κ3) is 7.01. The highest BCUT2D eigenvalue weighted by Gasteiger charge is 2.21. The summed E-state index contributed by atoms with van der Waals surface area (Å²) >= 11 is 6.08. The second kappa shape index (κ2) is 10.5. The number of piperazine rings is 1. The first-order valence-electron chi connectivity index (χ1n) is 9.19. The van der Waals surface area contributed by atoms with E-state index >= 15 is 0 Å². The lowest BCUT2D eigenvalue weighted by Crippen LogP contribution is -2.52. The molecule has 1 aromatic carbocycles. The van der Waals surface area contributed by atoms with Crippen LogP contribution in [0.3, 0.4) is 0 Å². The minimum absolute atomic E-state index is 0.105. The van der Waals surface area contributed by atoms with Gasteiger partial charge in [-0.15, -0.1) is 0 Å². The Hall–Kier alpha value is -1.83. The number of hydrogen-bond donors (Lipinski definition) is 1. The highest BCUT2D eigenvalue weighted by molar-refractivity contribution is 6.32. The molecule has 8 heteroatoms. The van der Waals surface area contributed by atoms with Crippen LogP contribution < -0.4 is 10.1 Å². The maximum absolute atomic E-state index is 12.1. The molecule has 7 nitrogen and oxygen atoms in total. The summed E-state index contributed by atoms with van der Waals surface area (Å²) in [5.74, 6) is 0.482. The van der Waals surface area contributed by atoms with Crippen LogP contribution in [0.1, 0.15) is 6.92 Å². The average molecular weight is 397 g/mol. The molecule has 1 aliphatic heterocycles. The third-order valence-electron chi connectivity index (χ3n) is 4.52. The molecule has 1 atom stereocenters. The number of rotatable bonds is 8. The van der Waals surface area contributed by atoms with Crippen molar-refractivity contribution >= 4 is 23.4 Å². The molecule has 27 heavy (non-hydrogen) atoms. The van der Waals surface area contributed by atoms with Gasteiger partial charge in [-0.05, 0) is 19.1 Å². The van der Waals surface area contributed by atoms with Gasteiger partial charge in [0, 0.05) is 46.8 Å². The summed E-state index contributed by atoms with van der Waals surface area (Å²) in [5.41, 5.74) is 0. The molecule has 1 saturated heterocycles. The molecular weight excluding hydrogens is 368 g/mol. The number of amides is 2. The first kappa shape index (κ1) is 21.5. The van der Waals surface area contributed by atoms with E-state index in [9.17, 15) is 9.59 Å². The smallest absolute Gasteiger partial charge is 0.244 e. The fourth-order valence-electron chi connectivity index (χ4n) is 2.96. The number of carbonyl (C=O) groups is 2. The van der Waals surface area contributed by atoms with Crippen LogP contribution in [0.2, 0.25) is 5.02 Å². The van der Waals surface area contributed by atoms with Crippen molar-refractivity contribution in [3.05, 3.63) is 29.3 Å². The number of benzene rings is 1. The van der Waals surface area contributed by atoms with Crippen molar-refractivity contribution in [1.82, 2.24) is 20.0 Å². The molecular formula is C19H29ClN4O3. The van der Waals surface area contributed by atoms with Crippen LogP contribution in [0.15, 0.2) is 24.3 Å². The van der Waals surface area contributed by atoms with Gasteiger partial charge in [0.05, 0.1) is 11.6 Å². The summed E-state index contributed by atoms with van der Waals surface area (Å²) in [6.45, 7) is 6.81. The number of para-hydroxylation sites is 1. The van der Waals surface area contributed by atoms with Gasteiger partial charge in [0.1, 0.15) is 18.4 Å². The molecule has 0 bridgehead atoms. The van der Waals surface area contributed by atoms with Crippen molar-refractivity contribution in [3.8, 4) is 5.75 Å². The van der Waals surface area contributed by atoms with E-state index in [0.29, 0.717) is 23.9 Å². The highest BCUT2D eigenvalue weighted by atomic mass is 35.5. The molecule has 0 aliphatic carbocycles. The van der Waals surface area contributed by atoms with Crippen molar-refractivity contribution in [1.29, 1.82) is 0 Å². The predicted molar refractivity (Wildman–Crippen MR) is 106 cm³/mol. The van der Waals surface area contributed by atoms with Crippen LogP contribution in [0.25, 0.3) is 0 Å². The predicted octanol–water partition coefficient (Wildman–Crippen LogP) is 0.929. The van der Waals surface area contributed by atoms with E-state index in [4.69, 9.17) is 16.3 Å². The molecule has 0 saturated carbocycles. The molecule has 1 aromatic rings. The van der Waals surface area contributed by atoms with Crippen LogP contribution in [0.5, 0.6) is 5.75 Å². The van der Waals surface area contributed by atoms with Crippen LogP contribution in [0.4, 0.5) is 0 Å². The van der Waals surface area contributed by atoms with E-state index in [-0.39, 0.29) is 11.8 Å². The SMILES string of the molecule is CC(NC(=O)CN1CCN(CCOc2ccccc2Cl)CC1)C(=O)N(C)C. The Labute approximate surface area is 166 Å². The van der Waals surface area contributed by atoms with Crippen molar-refractivity contribution in [3.63, 3.8) is 0 Å². The third-order valence-corrected chi connectivity index (χ3v) is 4.83. The molecule has 1 unspecified atom stereocenters. The van der Waals surface area contributed by atoms with Crippen LogP contribution in [-0.4, -0.2) is 92.5 Å². The number of carbonyl (C=O) groups excluding carboxylic acids is 2. The van der Waals surface area contributed by atoms with Gasteiger partial charge in [-0.25, -0.2) is 0 Å². The van der Waals surface area contributed by atoms with Gasteiger partial charge < -0.3 is 15.0 Å². The van der Waals surface area contributed by atoms with Gasteiger partial charge in [-0.2, -0.15) is 0 Å². The number of hydrogen-bond acceptors (Lipinski definition) is 5. The maximum Gasteiger partial charge on any atom is 0.244 e. The van der Waals surface area contributed by atoms with Gasteiger partial charge in [-0.3, -0.25) is 19.4 Å². The van der Waals surface area contributed by atoms with E-state index < -0.39 is 6.04 Å². The van der Waals surface area contributed by atoms with Gasteiger partial charge in [-0.1, -0.05) is 23.7 Å². The monoisotopic (exact) mass is 396 g/mol. The van der Waals surface area contributed by atoms with Crippen LogP contribution in [-0.2, 0) is 9.59 Å². The first-order valence-corrected chi connectivity index (χ1v) is 9.57. The van der Waals surface area contributed by atoms with Crippen molar-refractivity contribution < 1.29 is 14.3 Å². The summed E-state index contributed by atoms with van der Waals surface area (Å²) in [5, 5.41) is 3.38. The molecule has 1 heterocycles. The van der Waals surface area contributed by atoms with Gasteiger partial charge in [0.15, 0.2) is 0 Å². The summed E-state index contributed by atoms with van der Waals surface area (Å²) in [6, 6.07) is 6.95. The quantitative estimate of drug-likeness (QED) is 0.708. The average Bonchev–Trinajstić information content (AvgIpc) is 2.63. The Morgan fingerprint density at radius 1 is 1.19 bits per heavy atom. The molecule has 1 N–H and O–H groups in total. The fraction of sp³-hybridized carbons (Fsp3) is 0.579. The summed E-state index contributed by atoms with van der Waals surface area (Å²) < 4.78 is 5.73. The fourth-order valence-corrected chi connectivity index (χ4v) is 3.15. The molecule has 150 valence electrons. The van der Waals surface area contributed by atoms with E-state index in [1.165, 1.54) is 4.90 Å². The first-order chi connectivity index (χ1) is 12.9. The second-order valence-electron chi connectivity index (χ2n) is 6.92. The Morgan fingerprint density at radius 2 is 1.81 bits per heavy atom. The topological polar surface area (TPSA) is 65.1 Å². The Bertz CT molecular complexity index is 633. The largest absolute Gasteiger partial charge is 0.491 e. The van der Waals surface area contributed by atoms with Gasteiger partial charge >= 0.3 is 0 Å². The molecule has 1 fully saturated rings. The minimum atomic E-state index is -0.504. The van der Waals surface area contributed by atoms with E-state index in [0.717, 1.165) is 32.7 Å². The van der Waals surface area contributed by atoms with Crippen molar-refractivity contribution in [2.45, 2.75) is 13.0 Å². The van der Waals surface area contributed by atoms with Crippen LogP contribution >= 0.6 is 11.6 Å². The van der Waals surface area contributed by atoms with E-state index in [2.05, 4.69) is 15.1 Å². The lowest BCUT2D eigenvalue weighted by molar-refractivity contribution is -0.134. The summed E-state index contributed by atoms with van der Waals surface area (Å²) in [7, 11) is 3.36. The Balaban J connectivity index is 1.64. The number of nitrogens with zero attached hydrogens (tertiary/aromatic N) is 3. The number of likely N-dealkylation sites (N-methyl/N-ethyl adjacent to an activating group) is 1. The molecule has 2 amide bonds. The zero-order valence-corrected chi connectivity index (χ0v) is 17.0. The van der Waals surface area contributed by atoms with Crippen molar-refractivity contribution in [2.75, 3.05) is 60.0 Å². The van der Waals surface area contributed by atoms with E-state index in [1.807, 2.05) is 24.3 Å². The van der Waals surface area contributed by atoms with Crippen LogP contribution in [0, 0.1) is 0 Å². The number of ether oxygens (including phenoxy) is 1. The summed E-state index contributed by atoms with van der Waals surface area (Å²) in [6.07, 6.45) is 0. The standard InChI is InChI=1S/C19H29ClN4O3/c1-15(19(26)22(2)3)21-18(25)14-24-10-8-23(9-11-24)12-13-27-17-7-5-4-6-16(17)20/h4-7,15H,8-14H2,1-3H3,(H,21,25). The lowest BCUT2D eigenvalue weighted by atomic mass is 10.2. The minimum Gasteiger partial charge on any atom is -0.491 e. The second-order valence-corrected chi connectivity index (χ2v) is 7.33. The highest BCUT2D eigenvalue weighted by Crippen LogP contribution is 2.22. The molecule has 2 rings (SSSR count). The molecule has 1 aliphatic rings. The summed E-state index contributed by atoms with van der Waals surface area (Å²) in [4.78, 5) is 29.8. The molecule has 0 radical (unpaired) electrons. The van der Waals surface area contributed by atoms with Gasteiger partial charge in [0.25, 0.3) is 0 Å². The lowest BCUT2D eigenvalue weighted by Gasteiger charge is -2.34. The normalized spacial score (nSPS) is 16.6. The molecule has 0 spiro atoms. The van der Waals surface area contributed by atoms with E-state index in [1.54, 1.807) is 21.0 Å². The zero-order chi connectivity index (χ0) is 19.8. The Morgan fingerprint density at radius 3 is 2.44 bits per heavy atom. The number of nitrogens with one attached hydrogen (secondary N) is 1. The maximum atomic E-state index is 12.1. The molecule has 0 aromatic heterocycles. The number of halogens is 1. The van der Waals surface area contributed by atoms with Crippen molar-refractivity contribution in [2.24, 2.45) is 0 Å². The Kier molecular flexibility index (Phi) is 8.34. The zero-order valence-electron chi connectivity index (χ0n) is 16.3.